The van der Waals surface area contributed by atoms with E-state index in [1.54, 1.807) is 0 Å². The second-order valence-electron chi connectivity index (χ2n) is 3.63. The summed E-state index contributed by atoms with van der Waals surface area (Å²) in [7, 11) is 0. The largest absolute Gasteiger partial charge is 0.344 e. The van der Waals surface area contributed by atoms with E-state index in [2.05, 4.69) is 0 Å². The van der Waals surface area contributed by atoms with E-state index in [0.717, 1.165) is 11.1 Å². The smallest absolute Gasteiger partial charge is 0.275 e. The Morgan fingerprint density at radius 1 is 1.14 bits per heavy atom. The standard InChI is InChI=1S/C11H16O3/c1-8-4-3-5-10(9(8)2)6-7-11(12,13)14/h3-5,12-14H,6-7H2,1-2H3. The summed E-state index contributed by atoms with van der Waals surface area (Å²) in [5.41, 5.74) is 3.34. The molecule has 1 rings (SSSR count). The van der Waals surface area contributed by atoms with Gasteiger partial charge in [0.1, 0.15) is 0 Å². The van der Waals surface area contributed by atoms with Gasteiger partial charge >= 0.3 is 0 Å². The predicted octanol–water partition coefficient (Wildman–Crippen LogP) is 0.867. The van der Waals surface area contributed by atoms with Gasteiger partial charge in [-0.15, -0.1) is 0 Å². The summed E-state index contributed by atoms with van der Waals surface area (Å²) in [6.07, 6.45) is 0.383. The molecule has 0 radical (unpaired) electrons. The van der Waals surface area contributed by atoms with E-state index in [1.165, 1.54) is 5.56 Å². The second kappa shape index (κ2) is 4.09. The molecule has 3 nitrogen and oxygen atoms in total. The van der Waals surface area contributed by atoms with E-state index in [4.69, 9.17) is 15.3 Å². The van der Waals surface area contributed by atoms with Crippen molar-refractivity contribution in [3.63, 3.8) is 0 Å². The van der Waals surface area contributed by atoms with Gasteiger partial charge in [0, 0.05) is 6.42 Å². The van der Waals surface area contributed by atoms with Crippen molar-refractivity contribution in [3.05, 3.63) is 34.9 Å². The van der Waals surface area contributed by atoms with Crippen LogP contribution in [0.5, 0.6) is 0 Å². The summed E-state index contributed by atoms with van der Waals surface area (Å²) < 4.78 is 0. The molecule has 0 atom stereocenters. The first-order valence-corrected chi connectivity index (χ1v) is 4.62. The minimum absolute atomic E-state index is 0.0721. The summed E-state index contributed by atoms with van der Waals surface area (Å²) in [6, 6.07) is 5.85. The minimum atomic E-state index is -2.56. The van der Waals surface area contributed by atoms with Gasteiger partial charge in [0.15, 0.2) is 0 Å². The first-order chi connectivity index (χ1) is 6.40. The molecular formula is C11H16O3. The van der Waals surface area contributed by atoms with E-state index in [0.29, 0.717) is 6.42 Å². The highest BCUT2D eigenvalue weighted by molar-refractivity contribution is 5.33. The molecule has 0 unspecified atom stereocenters. The zero-order valence-corrected chi connectivity index (χ0v) is 8.49. The highest BCUT2D eigenvalue weighted by Crippen LogP contribution is 2.16. The molecule has 0 heterocycles. The van der Waals surface area contributed by atoms with Crippen molar-refractivity contribution in [2.45, 2.75) is 32.7 Å². The lowest BCUT2D eigenvalue weighted by atomic mass is 9.99. The fourth-order valence-corrected chi connectivity index (χ4v) is 1.39. The minimum Gasteiger partial charge on any atom is -0.344 e. The average Bonchev–Trinajstić information content (AvgIpc) is 2.06. The molecule has 0 spiro atoms. The summed E-state index contributed by atoms with van der Waals surface area (Å²) in [5.74, 6) is -2.56. The molecule has 3 N–H and O–H groups in total. The van der Waals surface area contributed by atoms with Crippen LogP contribution in [-0.2, 0) is 6.42 Å². The molecule has 0 aliphatic rings. The van der Waals surface area contributed by atoms with Crippen LogP contribution in [0.2, 0.25) is 0 Å². The molecular weight excluding hydrogens is 180 g/mol. The van der Waals surface area contributed by atoms with Crippen LogP contribution in [0.4, 0.5) is 0 Å². The number of aliphatic hydroxyl groups is 3. The van der Waals surface area contributed by atoms with Crippen LogP contribution in [0.25, 0.3) is 0 Å². The fraction of sp³-hybridized carbons (Fsp3) is 0.455. The van der Waals surface area contributed by atoms with Crippen molar-refractivity contribution >= 4 is 0 Å². The first-order valence-electron chi connectivity index (χ1n) is 4.62. The Bertz CT molecular complexity index is 313. The summed E-state index contributed by atoms with van der Waals surface area (Å²) >= 11 is 0. The van der Waals surface area contributed by atoms with Gasteiger partial charge in [0.2, 0.25) is 0 Å². The Hall–Kier alpha value is -0.900. The molecule has 14 heavy (non-hydrogen) atoms. The third-order valence-corrected chi connectivity index (χ3v) is 2.45. The van der Waals surface area contributed by atoms with Gasteiger partial charge in [0.25, 0.3) is 5.97 Å². The zero-order chi connectivity index (χ0) is 10.8. The number of hydrogen-bond donors (Lipinski definition) is 3. The lowest BCUT2D eigenvalue weighted by Crippen LogP contribution is -2.27. The molecule has 0 aliphatic carbocycles. The Morgan fingerprint density at radius 3 is 2.36 bits per heavy atom. The Balaban J connectivity index is 2.73. The van der Waals surface area contributed by atoms with Crippen molar-refractivity contribution in [2.75, 3.05) is 0 Å². The molecule has 0 amide bonds. The van der Waals surface area contributed by atoms with Gasteiger partial charge in [-0.25, -0.2) is 0 Å². The van der Waals surface area contributed by atoms with Gasteiger partial charge in [-0.1, -0.05) is 18.2 Å². The van der Waals surface area contributed by atoms with Gasteiger partial charge in [-0.05, 0) is 37.0 Å². The number of hydrogen-bond acceptors (Lipinski definition) is 3. The van der Waals surface area contributed by atoms with Crippen LogP contribution in [0.3, 0.4) is 0 Å². The lowest BCUT2D eigenvalue weighted by Gasteiger charge is -2.15. The average molecular weight is 196 g/mol. The number of benzene rings is 1. The van der Waals surface area contributed by atoms with Gasteiger partial charge in [-0.2, -0.15) is 0 Å². The summed E-state index contributed by atoms with van der Waals surface area (Å²) in [4.78, 5) is 0. The molecule has 78 valence electrons. The Morgan fingerprint density at radius 2 is 1.79 bits per heavy atom. The van der Waals surface area contributed by atoms with Crippen LogP contribution >= 0.6 is 0 Å². The highest BCUT2D eigenvalue weighted by atomic mass is 16.7. The van der Waals surface area contributed by atoms with Crippen molar-refractivity contribution in [2.24, 2.45) is 0 Å². The highest BCUT2D eigenvalue weighted by Gasteiger charge is 2.17. The van der Waals surface area contributed by atoms with E-state index < -0.39 is 5.97 Å². The topological polar surface area (TPSA) is 60.7 Å². The van der Waals surface area contributed by atoms with Crippen LogP contribution in [0.15, 0.2) is 18.2 Å². The first kappa shape index (κ1) is 11.2. The van der Waals surface area contributed by atoms with E-state index >= 15 is 0 Å². The molecule has 0 saturated heterocycles. The summed E-state index contributed by atoms with van der Waals surface area (Å²) in [5, 5.41) is 26.3. The molecule has 1 aromatic carbocycles. The number of aryl methyl sites for hydroxylation is 2. The van der Waals surface area contributed by atoms with E-state index in [1.807, 2.05) is 32.0 Å². The molecule has 0 aromatic heterocycles. The Kier molecular flexibility index (Phi) is 3.26. The maximum atomic E-state index is 8.75. The quantitative estimate of drug-likeness (QED) is 0.628. The molecule has 1 aromatic rings. The Labute approximate surface area is 83.6 Å². The summed E-state index contributed by atoms with van der Waals surface area (Å²) in [6.45, 7) is 3.99. The third-order valence-electron chi connectivity index (χ3n) is 2.45. The number of rotatable bonds is 3. The van der Waals surface area contributed by atoms with Crippen molar-refractivity contribution in [3.8, 4) is 0 Å². The molecule has 0 fully saturated rings. The van der Waals surface area contributed by atoms with Gasteiger partial charge < -0.3 is 15.3 Å². The SMILES string of the molecule is Cc1cccc(CCC(O)(O)O)c1C. The zero-order valence-electron chi connectivity index (χ0n) is 8.49. The second-order valence-corrected chi connectivity index (χ2v) is 3.63. The molecule has 0 bridgehead atoms. The lowest BCUT2D eigenvalue weighted by molar-refractivity contribution is -0.314. The third kappa shape index (κ3) is 3.10. The fourth-order valence-electron chi connectivity index (χ4n) is 1.39. The van der Waals surface area contributed by atoms with Gasteiger partial charge in [0.05, 0.1) is 0 Å². The van der Waals surface area contributed by atoms with Crippen molar-refractivity contribution in [1.82, 2.24) is 0 Å². The normalized spacial score (nSPS) is 11.8. The molecule has 3 heteroatoms. The molecule has 0 saturated carbocycles. The predicted molar refractivity (Wildman–Crippen MR) is 53.6 cm³/mol. The van der Waals surface area contributed by atoms with Crippen LogP contribution in [0.1, 0.15) is 23.1 Å². The van der Waals surface area contributed by atoms with Crippen LogP contribution in [-0.4, -0.2) is 21.3 Å². The van der Waals surface area contributed by atoms with E-state index in [-0.39, 0.29) is 6.42 Å². The van der Waals surface area contributed by atoms with Crippen LogP contribution < -0.4 is 0 Å². The van der Waals surface area contributed by atoms with E-state index in [9.17, 15) is 0 Å². The monoisotopic (exact) mass is 196 g/mol. The van der Waals surface area contributed by atoms with Gasteiger partial charge in [-0.3, -0.25) is 0 Å². The maximum Gasteiger partial charge on any atom is 0.275 e. The maximum absolute atomic E-state index is 8.75. The van der Waals surface area contributed by atoms with Crippen molar-refractivity contribution in [1.29, 1.82) is 0 Å². The van der Waals surface area contributed by atoms with Crippen molar-refractivity contribution < 1.29 is 15.3 Å². The molecule has 0 aliphatic heterocycles. The van der Waals surface area contributed by atoms with Crippen LogP contribution in [0, 0.1) is 13.8 Å².